The number of rotatable bonds is 6. The summed E-state index contributed by atoms with van der Waals surface area (Å²) in [4.78, 5) is 36.9. The first-order valence-electron chi connectivity index (χ1n) is 16.8. The molecule has 1 atom stereocenters. The van der Waals surface area contributed by atoms with Crippen LogP contribution in [-0.4, -0.2) is 64.9 Å². The van der Waals surface area contributed by atoms with Crippen LogP contribution in [0.3, 0.4) is 0 Å². The molecule has 0 unspecified atom stereocenters. The van der Waals surface area contributed by atoms with E-state index in [1.165, 1.54) is 18.6 Å². The molecule has 2 aromatic carbocycles. The molecular formula is C37H45N7O4S. The zero-order valence-electron chi connectivity index (χ0n) is 29.1. The summed E-state index contributed by atoms with van der Waals surface area (Å²) in [6.07, 6.45) is 8.07. The van der Waals surface area contributed by atoms with E-state index in [1.54, 1.807) is 35.5 Å². The Labute approximate surface area is 289 Å². The summed E-state index contributed by atoms with van der Waals surface area (Å²) in [6.45, 7) is 10.8. The van der Waals surface area contributed by atoms with Gasteiger partial charge in [-0.1, -0.05) is 45.0 Å². The van der Waals surface area contributed by atoms with Gasteiger partial charge in [-0.3, -0.25) is 9.78 Å². The highest BCUT2D eigenvalue weighted by molar-refractivity contribution is 7.92. The summed E-state index contributed by atoms with van der Waals surface area (Å²) < 4.78 is 36.3. The number of aromatic nitrogens is 4. The molecular weight excluding hydrogens is 639 g/mol. The number of hydrogen-bond acceptors (Lipinski definition) is 9. The number of nitrogens with one attached hydrogen (secondary N) is 1. The smallest absolute Gasteiger partial charge is 0.264 e. The Balaban J connectivity index is 1.42. The van der Waals surface area contributed by atoms with E-state index < -0.39 is 10.0 Å². The van der Waals surface area contributed by atoms with Crippen LogP contribution in [0.1, 0.15) is 80.1 Å². The van der Waals surface area contributed by atoms with E-state index in [9.17, 15) is 13.2 Å². The maximum Gasteiger partial charge on any atom is 0.264 e. The number of carbonyl (C=O) groups excluding carboxylic acids is 1. The van der Waals surface area contributed by atoms with Crippen molar-refractivity contribution < 1.29 is 17.9 Å². The van der Waals surface area contributed by atoms with Crippen LogP contribution in [0.5, 0.6) is 5.88 Å². The molecule has 49 heavy (non-hydrogen) atoms. The number of sulfonamides is 1. The van der Waals surface area contributed by atoms with Gasteiger partial charge in [0.2, 0.25) is 11.8 Å². The maximum absolute atomic E-state index is 14.5. The zero-order chi connectivity index (χ0) is 34.9. The van der Waals surface area contributed by atoms with Crippen molar-refractivity contribution in [2.45, 2.75) is 90.2 Å². The molecule has 1 aliphatic carbocycles. The van der Waals surface area contributed by atoms with Crippen LogP contribution in [0, 0.1) is 19.3 Å². The Kier molecular flexibility index (Phi) is 9.61. The predicted molar refractivity (Wildman–Crippen MR) is 190 cm³/mol. The van der Waals surface area contributed by atoms with Gasteiger partial charge in [0, 0.05) is 42.7 Å². The highest BCUT2D eigenvalue weighted by atomic mass is 32.2. The number of anilines is 2. The van der Waals surface area contributed by atoms with Gasteiger partial charge >= 0.3 is 0 Å². The van der Waals surface area contributed by atoms with Crippen molar-refractivity contribution in [3.8, 4) is 17.1 Å². The van der Waals surface area contributed by atoms with E-state index in [4.69, 9.17) is 9.72 Å². The Morgan fingerprint density at radius 2 is 1.71 bits per heavy atom. The van der Waals surface area contributed by atoms with Crippen LogP contribution in [0.15, 0.2) is 65.8 Å². The first-order chi connectivity index (χ1) is 23.3. The Morgan fingerprint density at radius 3 is 2.41 bits per heavy atom. The van der Waals surface area contributed by atoms with Crippen molar-refractivity contribution in [2.24, 2.45) is 5.41 Å². The standard InChI is InChI=1S/C37H45N7O4S/c1-24-10-7-11-25(2)34(24)31-19-33-41-36(40-31)42-49(46,47)30-15-8-12-26(18-30)35(45)44(29(16-17-48-33)20-37(3,4)5)23-27-21-38-22-32(39-27)43(6)28-13-9-14-28/h7-8,10-12,15,18-19,21-22,28-29H,9,13-14,16-17,20,23H2,1-6H3,(H,40,41,42)/t29-/m1/s1. The fourth-order valence-corrected chi connectivity index (χ4v) is 7.54. The Morgan fingerprint density at radius 1 is 0.980 bits per heavy atom. The van der Waals surface area contributed by atoms with E-state index in [1.807, 2.05) is 39.1 Å². The average molecular weight is 684 g/mol. The van der Waals surface area contributed by atoms with E-state index in [0.29, 0.717) is 30.3 Å². The lowest BCUT2D eigenvalue weighted by Crippen LogP contribution is -2.43. The average Bonchev–Trinajstić information content (AvgIpc) is 3.01. The van der Waals surface area contributed by atoms with E-state index in [-0.39, 0.29) is 52.8 Å². The second-order valence-corrected chi connectivity index (χ2v) is 16.1. The van der Waals surface area contributed by atoms with Crippen LogP contribution in [0.4, 0.5) is 11.8 Å². The molecule has 2 aliphatic rings. The third-order valence-electron chi connectivity index (χ3n) is 9.30. The monoisotopic (exact) mass is 683 g/mol. The number of amides is 1. The van der Waals surface area contributed by atoms with Gasteiger partial charge in [-0.25, -0.2) is 23.1 Å². The van der Waals surface area contributed by atoms with Crippen molar-refractivity contribution in [1.82, 2.24) is 24.8 Å². The minimum absolute atomic E-state index is 0.0739. The molecule has 0 spiro atoms. The molecule has 12 heteroatoms. The fourth-order valence-electron chi connectivity index (χ4n) is 6.55. The van der Waals surface area contributed by atoms with Gasteiger partial charge in [-0.05, 0) is 74.3 Å². The second-order valence-electron chi connectivity index (χ2n) is 14.4. The second kappa shape index (κ2) is 13.7. The number of hydrogen-bond donors (Lipinski definition) is 1. The number of nitrogens with zero attached hydrogens (tertiary/aromatic N) is 6. The normalized spacial score (nSPS) is 18.1. The van der Waals surface area contributed by atoms with Crippen molar-refractivity contribution in [3.63, 3.8) is 0 Å². The molecule has 258 valence electrons. The molecule has 3 heterocycles. The van der Waals surface area contributed by atoms with Crippen LogP contribution in [-0.2, 0) is 16.6 Å². The molecule has 1 fully saturated rings. The first-order valence-corrected chi connectivity index (χ1v) is 18.3. The molecule has 4 bridgehead atoms. The zero-order valence-corrected chi connectivity index (χ0v) is 29.9. The molecule has 4 aromatic rings. The predicted octanol–water partition coefficient (Wildman–Crippen LogP) is 6.57. The van der Waals surface area contributed by atoms with Gasteiger partial charge in [-0.2, -0.15) is 4.98 Å². The quantitative estimate of drug-likeness (QED) is 0.240. The lowest BCUT2D eigenvalue weighted by atomic mass is 9.86. The minimum Gasteiger partial charge on any atom is -0.477 e. The van der Waals surface area contributed by atoms with Gasteiger partial charge in [0.25, 0.3) is 15.9 Å². The largest absolute Gasteiger partial charge is 0.477 e. The van der Waals surface area contributed by atoms with Crippen molar-refractivity contribution >= 4 is 27.7 Å². The molecule has 0 radical (unpaired) electrons. The Hall–Kier alpha value is -4.58. The summed E-state index contributed by atoms with van der Waals surface area (Å²) in [5, 5.41) is 0. The van der Waals surface area contributed by atoms with Crippen molar-refractivity contribution in [1.29, 1.82) is 0 Å². The molecule has 1 N–H and O–H groups in total. The molecule has 2 aromatic heterocycles. The van der Waals surface area contributed by atoms with Crippen LogP contribution < -0.4 is 14.4 Å². The molecule has 11 nitrogen and oxygen atoms in total. The van der Waals surface area contributed by atoms with E-state index in [2.05, 4.69) is 45.3 Å². The third-order valence-corrected chi connectivity index (χ3v) is 10.6. The third kappa shape index (κ3) is 7.85. The molecule has 1 aliphatic heterocycles. The number of ether oxygens (including phenoxy) is 1. The number of benzene rings is 2. The summed E-state index contributed by atoms with van der Waals surface area (Å²) in [5.41, 5.74) is 4.18. The molecule has 6 rings (SSSR count). The van der Waals surface area contributed by atoms with E-state index in [0.717, 1.165) is 35.3 Å². The van der Waals surface area contributed by atoms with Crippen LogP contribution in [0.2, 0.25) is 0 Å². The molecule has 0 saturated heterocycles. The SMILES string of the molecule is Cc1cccc(C)c1-c1cc2nc(n1)NS(=O)(=O)c1cccc(c1)C(=O)N(Cc1cncc(N(C)C3CCC3)n1)[C@@H](CC(C)(C)C)CCO2. The lowest BCUT2D eigenvalue weighted by Gasteiger charge is -2.37. The van der Waals surface area contributed by atoms with Gasteiger partial charge in [-0.15, -0.1) is 0 Å². The summed E-state index contributed by atoms with van der Waals surface area (Å²) in [6, 6.07) is 13.9. The first kappa shape index (κ1) is 34.3. The summed E-state index contributed by atoms with van der Waals surface area (Å²) in [7, 11) is -2.14. The van der Waals surface area contributed by atoms with Crippen LogP contribution >= 0.6 is 0 Å². The Bertz CT molecular complexity index is 1940. The summed E-state index contributed by atoms with van der Waals surface area (Å²) >= 11 is 0. The van der Waals surface area contributed by atoms with E-state index >= 15 is 0 Å². The number of carbonyl (C=O) groups is 1. The minimum atomic E-state index is -4.18. The highest BCUT2D eigenvalue weighted by Crippen LogP contribution is 2.32. The topological polar surface area (TPSA) is 131 Å². The fraction of sp³-hybridized carbons (Fsp3) is 0.432. The van der Waals surface area contributed by atoms with Crippen molar-refractivity contribution in [2.75, 3.05) is 23.3 Å². The lowest BCUT2D eigenvalue weighted by molar-refractivity contribution is 0.0568. The van der Waals surface area contributed by atoms with Gasteiger partial charge in [0.1, 0.15) is 5.82 Å². The van der Waals surface area contributed by atoms with Gasteiger partial charge < -0.3 is 14.5 Å². The number of fused-ring (bicyclic) bond motifs is 4. The number of aryl methyl sites for hydroxylation is 2. The highest BCUT2D eigenvalue weighted by Gasteiger charge is 2.31. The summed E-state index contributed by atoms with van der Waals surface area (Å²) in [5.74, 6) is 0.601. The maximum atomic E-state index is 14.5. The molecule has 1 amide bonds. The van der Waals surface area contributed by atoms with Crippen molar-refractivity contribution in [3.05, 3.63) is 83.3 Å². The van der Waals surface area contributed by atoms with Gasteiger partial charge in [0.15, 0.2) is 0 Å². The van der Waals surface area contributed by atoms with Gasteiger partial charge in [0.05, 0.1) is 41.8 Å². The van der Waals surface area contributed by atoms with Crippen LogP contribution in [0.25, 0.3) is 11.3 Å². The molecule has 1 saturated carbocycles.